The topological polar surface area (TPSA) is 3.24 Å². The van der Waals surface area contributed by atoms with Crippen molar-refractivity contribution in [2.45, 2.75) is 39.0 Å². The highest BCUT2D eigenvalue weighted by molar-refractivity contribution is 5.60. The van der Waals surface area contributed by atoms with E-state index in [2.05, 4.69) is 49.2 Å². The van der Waals surface area contributed by atoms with Gasteiger partial charge in [0.1, 0.15) is 0 Å². The molecular weight excluding hydrogens is 194 g/mol. The van der Waals surface area contributed by atoms with E-state index in [0.717, 1.165) is 6.42 Å². The Balaban J connectivity index is 2.06. The first kappa shape index (κ1) is 11.3. The van der Waals surface area contributed by atoms with Gasteiger partial charge < -0.3 is 4.90 Å². The van der Waals surface area contributed by atoms with Gasteiger partial charge in [0.25, 0.3) is 0 Å². The second-order valence-corrected chi connectivity index (χ2v) is 4.54. The molecule has 1 nitrogen and oxygen atoms in total. The minimum absolute atomic E-state index is 1.10. The van der Waals surface area contributed by atoms with Gasteiger partial charge in [-0.15, -0.1) is 0 Å². The quantitative estimate of drug-likeness (QED) is 0.682. The average Bonchev–Trinajstić information content (AvgIpc) is 2.33. The summed E-state index contributed by atoms with van der Waals surface area (Å²) in [5, 5.41) is 0. The molecule has 1 heterocycles. The Labute approximate surface area is 98.8 Å². The molecule has 1 aromatic carbocycles. The van der Waals surface area contributed by atoms with E-state index in [0.29, 0.717) is 0 Å². The summed E-state index contributed by atoms with van der Waals surface area (Å²) >= 11 is 0. The predicted molar refractivity (Wildman–Crippen MR) is 70.8 cm³/mol. The fraction of sp³-hybridized carbons (Fsp3) is 0.467. The molecule has 0 saturated heterocycles. The Morgan fingerprint density at radius 1 is 1.19 bits per heavy atom. The van der Waals surface area contributed by atoms with Gasteiger partial charge in [-0.1, -0.05) is 44.0 Å². The van der Waals surface area contributed by atoms with Crippen molar-refractivity contribution in [2.24, 2.45) is 0 Å². The molecule has 86 valence electrons. The van der Waals surface area contributed by atoms with E-state index in [4.69, 9.17) is 0 Å². The van der Waals surface area contributed by atoms with Crippen LogP contribution >= 0.6 is 0 Å². The van der Waals surface area contributed by atoms with Gasteiger partial charge in [-0.25, -0.2) is 0 Å². The van der Waals surface area contributed by atoms with E-state index in [-0.39, 0.29) is 0 Å². The summed E-state index contributed by atoms with van der Waals surface area (Å²) in [5.41, 5.74) is 4.33. The standard InChI is InChI=1S/C15H21N/c1-3-4-5-9-14-12-11-13-8-6-7-10-15(13)16(14)2/h6-8,10,12H,3-5,9,11H2,1-2H3. The third kappa shape index (κ3) is 2.29. The monoisotopic (exact) mass is 215 g/mol. The van der Waals surface area contributed by atoms with Crippen LogP contribution in [0.5, 0.6) is 0 Å². The number of nitrogens with zero attached hydrogens (tertiary/aromatic N) is 1. The fourth-order valence-corrected chi connectivity index (χ4v) is 2.36. The molecule has 0 bridgehead atoms. The van der Waals surface area contributed by atoms with Crippen LogP contribution in [0.4, 0.5) is 5.69 Å². The van der Waals surface area contributed by atoms with Crippen LogP contribution in [0.25, 0.3) is 0 Å². The minimum atomic E-state index is 1.10. The molecule has 1 aliphatic rings. The highest BCUT2D eigenvalue weighted by Gasteiger charge is 2.14. The molecule has 0 aromatic heterocycles. The molecule has 0 unspecified atom stereocenters. The Morgan fingerprint density at radius 3 is 2.81 bits per heavy atom. The molecule has 16 heavy (non-hydrogen) atoms. The zero-order valence-corrected chi connectivity index (χ0v) is 10.4. The largest absolute Gasteiger partial charge is 0.348 e. The van der Waals surface area contributed by atoms with E-state index in [9.17, 15) is 0 Å². The summed E-state index contributed by atoms with van der Waals surface area (Å²) in [7, 11) is 2.19. The maximum atomic E-state index is 2.39. The van der Waals surface area contributed by atoms with E-state index in [1.54, 1.807) is 0 Å². The van der Waals surface area contributed by atoms with Gasteiger partial charge in [0.15, 0.2) is 0 Å². The van der Waals surface area contributed by atoms with Crippen LogP contribution in [-0.4, -0.2) is 7.05 Å². The lowest BCUT2D eigenvalue weighted by atomic mass is 10.0. The number of unbranched alkanes of at least 4 members (excludes halogenated alkanes) is 2. The third-order valence-corrected chi connectivity index (χ3v) is 3.38. The first-order valence-electron chi connectivity index (χ1n) is 6.33. The molecule has 0 N–H and O–H groups in total. The first-order chi connectivity index (χ1) is 7.83. The van der Waals surface area contributed by atoms with Crippen LogP contribution in [0.2, 0.25) is 0 Å². The third-order valence-electron chi connectivity index (χ3n) is 3.38. The van der Waals surface area contributed by atoms with Gasteiger partial charge in [-0.3, -0.25) is 0 Å². The number of para-hydroxylation sites is 1. The maximum Gasteiger partial charge on any atom is 0.0441 e. The van der Waals surface area contributed by atoms with E-state index in [1.807, 2.05) is 0 Å². The molecule has 0 fully saturated rings. The first-order valence-corrected chi connectivity index (χ1v) is 6.33. The summed E-state index contributed by atoms with van der Waals surface area (Å²) in [5.74, 6) is 0. The smallest absolute Gasteiger partial charge is 0.0441 e. The molecule has 1 heteroatoms. The van der Waals surface area contributed by atoms with Crippen LogP contribution in [0.1, 0.15) is 38.2 Å². The molecule has 0 saturated carbocycles. The van der Waals surface area contributed by atoms with Gasteiger partial charge in [0.2, 0.25) is 0 Å². The Hall–Kier alpha value is -1.24. The van der Waals surface area contributed by atoms with Crippen molar-refractivity contribution >= 4 is 5.69 Å². The summed E-state index contributed by atoms with van der Waals surface area (Å²) in [6, 6.07) is 8.71. The number of allylic oxidation sites excluding steroid dienone is 2. The van der Waals surface area contributed by atoms with Crippen molar-refractivity contribution in [3.05, 3.63) is 41.6 Å². The lowest BCUT2D eigenvalue weighted by Gasteiger charge is -2.29. The summed E-state index contributed by atoms with van der Waals surface area (Å²) < 4.78 is 0. The van der Waals surface area contributed by atoms with Crippen LogP contribution < -0.4 is 4.90 Å². The van der Waals surface area contributed by atoms with Crippen molar-refractivity contribution in [3.63, 3.8) is 0 Å². The minimum Gasteiger partial charge on any atom is -0.348 e. The van der Waals surface area contributed by atoms with E-state index in [1.165, 1.54) is 42.6 Å². The number of benzene rings is 1. The van der Waals surface area contributed by atoms with Gasteiger partial charge in [-0.2, -0.15) is 0 Å². The van der Waals surface area contributed by atoms with Crippen LogP contribution in [0.3, 0.4) is 0 Å². The average molecular weight is 215 g/mol. The van der Waals surface area contributed by atoms with Gasteiger partial charge in [-0.05, 0) is 30.9 Å². The van der Waals surface area contributed by atoms with Crippen molar-refractivity contribution in [1.29, 1.82) is 0 Å². The highest BCUT2D eigenvalue weighted by atomic mass is 15.1. The second-order valence-electron chi connectivity index (χ2n) is 4.54. The number of hydrogen-bond donors (Lipinski definition) is 0. The van der Waals surface area contributed by atoms with Crippen molar-refractivity contribution in [3.8, 4) is 0 Å². The number of anilines is 1. The Kier molecular flexibility index (Phi) is 3.66. The van der Waals surface area contributed by atoms with Crippen molar-refractivity contribution in [1.82, 2.24) is 0 Å². The normalized spacial score (nSPS) is 14.6. The van der Waals surface area contributed by atoms with Gasteiger partial charge in [0, 0.05) is 18.4 Å². The summed E-state index contributed by atoms with van der Waals surface area (Å²) in [6.45, 7) is 2.26. The van der Waals surface area contributed by atoms with Crippen LogP contribution in [0.15, 0.2) is 36.0 Å². The molecule has 0 amide bonds. The van der Waals surface area contributed by atoms with Gasteiger partial charge in [0.05, 0.1) is 0 Å². The summed E-state index contributed by atoms with van der Waals surface area (Å²) in [4.78, 5) is 2.36. The zero-order chi connectivity index (χ0) is 11.4. The van der Waals surface area contributed by atoms with E-state index < -0.39 is 0 Å². The lowest BCUT2D eigenvalue weighted by Crippen LogP contribution is -2.21. The van der Waals surface area contributed by atoms with Crippen LogP contribution in [-0.2, 0) is 6.42 Å². The van der Waals surface area contributed by atoms with Crippen molar-refractivity contribution in [2.75, 3.05) is 11.9 Å². The number of rotatable bonds is 4. The number of hydrogen-bond acceptors (Lipinski definition) is 1. The highest BCUT2D eigenvalue weighted by Crippen LogP contribution is 2.29. The van der Waals surface area contributed by atoms with Crippen LogP contribution in [0, 0.1) is 0 Å². The SMILES string of the molecule is CCCCCC1=CCc2ccccc2N1C. The molecule has 2 rings (SSSR count). The fourth-order valence-electron chi connectivity index (χ4n) is 2.36. The number of fused-ring (bicyclic) bond motifs is 1. The predicted octanol–water partition coefficient (Wildman–Crippen LogP) is 4.14. The molecule has 1 aliphatic heterocycles. The molecule has 0 atom stereocenters. The van der Waals surface area contributed by atoms with E-state index >= 15 is 0 Å². The second kappa shape index (κ2) is 5.20. The molecule has 0 radical (unpaired) electrons. The molecule has 0 spiro atoms. The summed E-state index contributed by atoms with van der Waals surface area (Å²) in [6.07, 6.45) is 8.66. The Morgan fingerprint density at radius 2 is 2.00 bits per heavy atom. The molecule has 0 aliphatic carbocycles. The Bertz CT molecular complexity index is 379. The van der Waals surface area contributed by atoms with Gasteiger partial charge >= 0.3 is 0 Å². The molecular formula is C15H21N. The zero-order valence-electron chi connectivity index (χ0n) is 10.4. The maximum absolute atomic E-state index is 2.39. The molecule has 1 aromatic rings. The van der Waals surface area contributed by atoms with Crippen molar-refractivity contribution < 1.29 is 0 Å². The lowest BCUT2D eigenvalue weighted by molar-refractivity contribution is 0.698.